The zero-order valence-corrected chi connectivity index (χ0v) is 78.5. The Labute approximate surface area is 726 Å². The molecule has 10 heteroatoms. The second-order valence-electron chi connectivity index (χ2n) is 42.0. The number of carbonyl (C=O) groups is 5. The van der Waals surface area contributed by atoms with Crippen molar-refractivity contribution >= 4 is 51.4 Å². The molecule has 0 saturated heterocycles. The average molecular weight is 1640 g/mol. The van der Waals surface area contributed by atoms with Gasteiger partial charge in [-0.3, -0.25) is 24.0 Å². The minimum Gasteiger partial charge on any atom is -0.454 e. The summed E-state index contributed by atoms with van der Waals surface area (Å²) in [6.45, 7) is 43.4. The van der Waals surface area contributed by atoms with E-state index in [1.165, 1.54) is 102 Å². The Morgan fingerprint density at radius 3 is 0.825 bits per heavy atom. The van der Waals surface area contributed by atoms with E-state index < -0.39 is 55.1 Å². The van der Waals surface area contributed by atoms with Crippen molar-refractivity contribution in [2.45, 2.75) is 390 Å². The first-order valence-electron chi connectivity index (χ1n) is 47.1. The number of hydrogen-bond acceptors (Lipinski definition) is 10. The quantitative estimate of drug-likeness (QED) is 0.0537. The van der Waals surface area contributed by atoms with Crippen LogP contribution in [0, 0.1) is 38.9 Å². The number of carbonyl (C=O) groups excluding carboxylic acids is 5. The van der Waals surface area contributed by atoms with Crippen molar-refractivity contribution in [1.29, 1.82) is 0 Å². The molecule has 6 fully saturated rings. The summed E-state index contributed by atoms with van der Waals surface area (Å²) in [4.78, 5) is 63.9. The van der Waals surface area contributed by atoms with Crippen LogP contribution in [0.25, 0.3) is 21.5 Å². The van der Waals surface area contributed by atoms with Crippen LogP contribution in [-0.4, -0.2) is 29.8 Å². The Morgan fingerprint density at radius 2 is 0.508 bits per heavy atom. The highest BCUT2D eigenvalue weighted by atomic mass is 16.6. The fourth-order valence-corrected chi connectivity index (χ4v) is 18.1. The Hall–Kier alpha value is -7.59. The largest absolute Gasteiger partial charge is 0.454 e. The minimum absolute atomic E-state index is 0.0388. The van der Waals surface area contributed by atoms with Crippen LogP contribution >= 0.6 is 0 Å². The highest BCUT2D eigenvalue weighted by molar-refractivity contribution is 5.85. The van der Waals surface area contributed by atoms with Crippen LogP contribution in [0.4, 0.5) is 0 Å². The highest BCUT2D eigenvalue weighted by Crippen LogP contribution is 2.53. The zero-order chi connectivity index (χ0) is 87.6. The topological polar surface area (TPSA) is 132 Å². The smallest absolute Gasteiger partial charge is 0.312 e. The van der Waals surface area contributed by atoms with Crippen LogP contribution in [0.2, 0.25) is 0 Å². The summed E-state index contributed by atoms with van der Waals surface area (Å²) >= 11 is 0. The van der Waals surface area contributed by atoms with E-state index in [9.17, 15) is 24.0 Å². The van der Waals surface area contributed by atoms with E-state index in [1.807, 2.05) is 96.1 Å². The van der Waals surface area contributed by atoms with E-state index in [0.29, 0.717) is 5.92 Å². The van der Waals surface area contributed by atoms with Crippen molar-refractivity contribution < 1.29 is 47.7 Å². The summed E-state index contributed by atoms with van der Waals surface area (Å²) in [6, 6.07) is 57.8. The van der Waals surface area contributed by atoms with E-state index in [0.717, 1.165) is 170 Å². The van der Waals surface area contributed by atoms with Gasteiger partial charge in [0.2, 0.25) is 0 Å². The Kier molecular flexibility index (Phi) is 32.7. The average Bonchev–Trinajstić information content (AvgIpc) is 1.48. The summed E-state index contributed by atoms with van der Waals surface area (Å²) in [5.74, 6) is 1.25. The number of hydrogen-bond donors (Lipinski definition) is 0. The predicted molar refractivity (Wildman–Crippen MR) is 495 cm³/mol. The molecule has 0 radical (unpaired) electrons. The molecule has 3 atom stereocenters. The van der Waals surface area contributed by atoms with Gasteiger partial charge in [-0.05, 0) is 319 Å². The predicted octanol–water partition coefficient (Wildman–Crippen LogP) is 30.1. The molecule has 7 aromatic carbocycles. The molecule has 0 spiro atoms. The minimum atomic E-state index is -0.458. The van der Waals surface area contributed by atoms with Gasteiger partial charge in [0.25, 0.3) is 0 Å². The molecule has 6 aliphatic rings. The molecule has 6 saturated carbocycles. The van der Waals surface area contributed by atoms with Gasteiger partial charge in [-0.2, -0.15) is 0 Å². The van der Waals surface area contributed by atoms with Gasteiger partial charge >= 0.3 is 29.8 Å². The second-order valence-corrected chi connectivity index (χ2v) is 42.0. The number of esters is 5. The maximum Gasteiger partial charge on any atom is 0.312 e. The number of rotatable bonds is 20. The summed E-state index contributed by atoms with van der Waals surface area (Å²) in [5, 5.41) is 4.88. The Bertz CT molecular complexity index is 4430. The summed E-state index contributed by atoms with van der Waals surface area (Å²) in [7, 11) is 0. The van der Waals surface area contributed by atoms with Crippen molar-refractivity contribution in [2.24, 2.45) is 38.9 Å². The fraction of sp³-hybridized carbons (Fsp3) is 0.609. The maximum absolute atomic E-state index is 12.9. The van der Waals surface area contributed by atoms with Gasteiger partial charge in [0.15, 0.2) is 0 Å². The zero-order valence-electron chi connectivity index (χ0n) is 78.5. The monoisotopic (exact) mass is 1640 g/mol. The lowest BCUT2D eigenvalue weighted by molar-refractivity contribution is -0.181. The SMILES string of the molecule is CCC(C)(C)C(=O)OC1(c2ccc(C(C)(C)C)cc2)CCCC1.CCC(C)(C)C(=O)OC1(c2ccc(C(C)(C)C)cc2)CCCCCCC1.CCC(C)(C)C(=O)OC1(c2ccc3ccccc3c2)CCCC1.CCC(C)(C)C(=O)OC1(c2ccc3ccccc3c2)CCCCC1.CCC(C)(C)C(=O)OC1(c2ccccc2)CCC2CCCCC2C1. The lowest BCUT2D eigenvalue weighted by atomic mass is 9.64. The second kappa shape index (κ2) is 40.8. The van der Waals surface area contributed by atoms with Crippen molar-refractivity contribution in [2.75, 3.05) is 0 Å². The van der Waals surface area contributed by atoms with Crippen LogP contribution in [0.3, 0.4) is 0 Å². The third-order valence-electron chi connectivity index (χ3n) is 29.3. The van der Waals surface area contributed by atoms with Crippen molar-refractivity contribution in [1.82, 2.24) is 0 Å². The maximum atomic E-state index is 12.9. The van der Waals surface area contributed by atoms with Gasteiger partial charge in [-0.25, -0.2) is 0 Å². The van der Waals surface area contributed by atoms with Gasteiger partial charge in [-0.1, -0.05) is 279 Å². The summed E-state index contributed by atoms with van der Waals surface area (Å²) < 4.78 is 31.2. The van der Waals surface area contributed by atoms with Gasteiger partial charge in [0, 0.05) is 0 Å². The molecule has 0 aliphatic heterocycles. The molecule has 13 rings (SSSR count). The van der Waals surface area contributed by atoms with Gasteiger partial charge in [-0.15, -0.1) is 0 Å². The third-order valence-corrected chi connectivity index (χ3v) is 29.3. The van der Waals surface area contributed by atoms with E-state index >= 15 is 0 Å². The molecule has 0 heterocycles. The molecule has 120 heavy (non-hydrogen) atoms. The van der Waals surface area contributed by atoms with Crippen molar-refractivity contribution in [3.05, 3.63) is 203 Å². The van der Waals surface area contributed by atoms with Crippen LogP contribution in [0.1, 0.15) is 390 Å². The first-order chi connectivity index (χ1) is 56.6. The lowest BCUT2D eigenvalue weighted by Crippen LogP contribution is -2.44. The molecular weight excluding hydrogens is 1480 g/mol. The van der Waals surface area contributed by atoms with Crippen LogP contribution < -0.4 is 0 Å². The molecule has 6 aliphatic carbocycles. The van der Waals surface area contributed by atoms with Crippen LogP contribution in [0.5, 0.6) is 0 Å². The molecule has 0 N–H and O–H groups in total. The molecule has 3 unspecified atom stereocenters. The Balaban J connectivity index is 0.000000171. The molecular formula is C110H156O10. The third kappa shape index (κ3) is 24.1. The molecule has 7 aromatic rings. The molecule has 10 nitrogen and oxygen atoms in total. The first-order valence-corrected chi connectivity index (χ1v) is 47.1. The number of fused-ring (bicyclic) bond motifs is 3. The van der Waals surface area contributed by atoms with Crippen molar-refractivity contribution in [3.63, 3.8) is 0 Å². The Morgan fingerprint density at radius 1 is 0.258 bits per heavy atom. The fourth-order valence-electron chi connectivity index (χ4n) is 18.1. The van der Waals surface area contributed by atoms with E-state index in [2.05, 4.69) is 213 Å². The summed E-state index contributed by atoms with van der Waals surface area (Å²) in [6.07, 6.45) is 34.0. The summed E-state index contributed by atoms with van der Waals surface area (Å²) in [5.41, 5.74) is 4.44. The lowest BCUT2D eigenvalue weighted by Gasteiger charge is -2.47. The molecule has 0 aromatic heterocycles. The number of benzene rings is 7. The molecule has 656 valence electrons. The highest BCUT2D eigenvalue weighted by Gasteiger charge is 2.50. The van der Waals surface area contributed by atoms with Crippen LogP contribution in [-0.2, 0) is 86.5 Å². The van der Waals surface area contributed by atoms with E-state index in [4.69, 9.17) is 23.7 Å². The van der Waals surface area contributed by atoms with E-state index in [1.54, 1.807) is 0 Å². The molecule has 0 amide bonds. The van der Waals surface area contributed by atoms with Gasteiger partial charge in [0.05, 0.1) is 27.1 Å². The number of ether oxygens (including phenoxy) is 5. The van der Waals surface area contributed by atoms with E-state index in [-0.39, 0.29) is 40.7 Å². The standard InChI is InChI=1S/C24H38O2.C22H28O2.C22H32O2.C21H26O2.C21H32O2/c1-7-23(5,6)21(25)26-24(17-11-9-8-10-12-18-24)20-15-13-19(14-16-20)22(2,3)4;1-4-21(2,3)20(23)24-22(14-8-5-9-15-22)19-13-12-17-10-6-7-11-18(17)16-19;1-4-21(2,3)20(23)24-22(19-12-6-5-7-13-19)15-14-17-10-8-9-11-18(17)16-22;1-4-20(2,3)19(22)23-21(13-7-8-14-21)18-12-11-16-9-5-6-10-17(16)15-18;1-7-20(5,6)18(22)23-21(14-8-9-15-21)17-12-10-16(11-13-17)19(2,3)4/h13-16H,7-12,17-18H2,1-6H3;6-7,10-13,16H,4-5,8-9,14-15H2,1-3H3;5-7,12-13,17-18H,4,8-11,14-16H2,1-3H3;5-6,9-12,15H,4,7-8,13-14H2,1-3H3;10-13H,7-9,14-15H2,1-6H3. The van der Waals surface area contributed by atoms with Crippen LogP contribution in [0.15, 0.2) is 164 Å². The van der Waals surface area contributed by atoms with Gasteiger partial charge in [0.1, 0.15) is 28.0 Å². The van der Waals surface area contributed by atoms with Crippen molar-refractivity contribution in [3.8, 4) is 0 Å². The van der Waals surface area contributed by atoms with Gasteiger partial charge < -0.3 is 23.7 Å². The first kappa shape index (κ1) is 96.2. The normalized spacial score (nSPS) is 20.4. The molecule has 0 bridgehead atoms.